The van der Waals surface area contributed by atoms with Crippen LogP contribution >= 0.6 is 15.9 Å². The van der Waals surface area contributed by atoms with E-state index < -0.39 is 0 Å². The Morgan fingerprint density at radius 2 is 0.889 bits per heavy atom. The highest BCUT2D eigenvalue weighted by Gasteiger charge is 2.20. The number of benzene rings is 6. The quantitative estimate of drug-likeness (QED) is 0.191. The van der Waals surface area contributed by atoms with Crippen LogP contribution in [0.3, 0.4) is 0 Å². The lowest BCUT2D eigenvalue weighted by Crippen LogP contribution is -2.01. The fourth-order valence-corrected chi connectivity index (χ4v) is 6.60. The van der Waals surface area contributed by atoms with Crippen LogP contribution in [0.25, 0.3) is 89.2 Å². The third-order valence-electron chi connectivity index (χ3n) is 8.19. The molecule has 0 radical (unpaired) electrons. The fourth-order valence-electron chi connectivity index (χ4n) is 6.11. The van der Waals surface area contributed by atoms with Gasteiger partial charge in [-0.2, -0.15) is 0 Å². The maximum Gasteiger partial charge on any atom is 0.167 e. The molecule has 3 heterocycles. The Balaban J connectivity index is 1.32. The highest BCUT2D eigenvalue weighted by Crippen LogP contribution is 2.39. The summed E-state index contributed by atoms with van der Waals surface area (Å²) >= 11 is 3.74. The van der Waals surface area contributed by atoms with Crippen molar-refractivity contribution in [3.63, 3.8) is 0 Å². The van der Waals surface area contributed by atoms with E-state index in [0.29, 0.717) is 17.5 Å². The molecule has 0 N–H and O–H groups in total. The van der Waals surface area contributed by atoms with Crippen molar-refractivity contribution in [2.45, 2.75) is 0 Å². The molecule has 0 aliphatic heterocycles. The van der Waals surface area contributed by atoms with Gasteiger partial charge in [-0.15, -0.1) is 0 Å². The Labute approximate surface area is 266 Å². The van der Waals surface area contributed by atoms with Crippen molar-refractivity contribution in [2.24, 2.45) is 0 Å². The molecule has 0 aliphatic carbocycles. The number of rotatable bonds is 4. The lowest BCUT2D eigenvalue weighted by molar-refractivity contribution is 0.669. The third kappa shape index (κ3) is 4.33. The molecular weight excluding hydrogens is 622 g/mol. The first-order valence-corrected chi connectivity index (χ1v) is 15.4. The molecule has 3 aromatic heterocycles. The van der Waals surface area contributed by atoms with Gasteiger partial charge < -0.3 is 8.83 Å². The van der Waals surface area contributed by atoms with Crippen molar-refractivity contribution in [1.29, 1.82) is 0 Å². The van der Waals surface area contributed by atoms with Gasteiger partial charge in [-0.05, 0) is 53.6 Å². The van der Waals surface area contributed by atoms with E-state index in [1.807, 2.05) is 84.9 Å². The molecule has 0 amide bonds. The minimum absolute atomic E-state index is 0.522. The molecule has 212 valence electrons. The SMILES string of the molecule is Brc1cc(-c2ccccc2)cc(-c2nc(-c3cccc4c3oc3ccccc34)nc(-c3cccc4c3oc3ccccc34)n2)c1. The van der Waals surface area contributed by atoms with Crippen molar-refractivity contribution >= 4 is 59.8 Å². The monoisotopic (exact) mass is 643 g/mol. The first kappa shape index (κ1) is 25.9. The van der Waals surface area contributed by atoms with Gasteiger partial charge in [0.15, 0.2) is 17.5 Å². The fraction of sp³-hybridized carbons (Fsp3) is 0. The molecule has 45 heavy (non-hydrogen) atoms. The Kier molecular flexibility index (Phi) is 5.89. The Morgan fingerprint density at radius 1 is 0.400 bits per heavy atom. The first-order valence-electron chi connectivity index (χ1n) is 14.6. The summed E-state index contributed by atoms with van der Waals surface area (Å²) in [6.07, 6.45) is 0. The summed E-state index contributed by atoms with van der Waals surface area (Å²) in [6, 6.07) is 44.9. The summed E-state index contributed by atoms with van der Waals surface area (Å²) in [5.74, 6) is 1.60. The van der Waals surface area contributed by atoms with Gasteiger partial charge in [0, 0.05) is 31.6 Å². The van der Waals surface area contributed by atoms with E-state index in [1.165, 1.54) is 0 Å². The summed E-state index contributed by atoms with van der Waals surface area (Å²) < 4.78 is 13.7. The van der Waals surface area contributed by atoms with E-state index in [9.17, 15) is 0 Å². The lowest BCUT2D eigenvalue weighted by atomic mass is 10.0. The van der Waals surface area contributed by atoms with Gasteiger partial charge in [0.05, 0.1) is 11.1 Å². The van der Waals surface area contributed by atoms with Crippen molar-refractivity contribution in [3.05, 3.63) is 138 Å². The number of hydrogen-bond donors (Lipinski definition) is 0. The van der Waals surface area contributed by atoms with Crippen LogP contribution in [0, 0.1) is 0 Å². The van der Waals surface area contributed by atoms with Crippen molar-refractivity contribution in [2.75, 3.05) is 0 Å². The second-order valence-electron chi connectivity index (χ2n) is 11.0. The van der Waals surface area contributed by atoms with Crippen LogP contribution in [0.1, 0.15) is 0 Å². The zero-order valence-electron chi connectivity index (χ0n) is 23.7. The van der Waals surface area contributed by atoms with Crippen LogP contribution in [0.4, 0.5) is 0 Å². The van der Waals surface area contributed by atoms with E-state index in [4.69, 9.17) is 23.8 Å². The zero-order valence-corrected chi connectivity index (χ0v) is 25.3. The molecule has 0 atom stereocenters. The summed E-state index contributed by atoms with van der Waals surface area (Å²) in [5, 5.41) is 4.13. The van der Waals surface area contributed by atoms with E-state index in [2.05, 4.69) is 64.5 Å². The highest BCUT2D eigenvalue weighted by molar-refractivity contribution is 9.10. The number of hydrogen-bond acceptors (Lipinski definition) is 5. The number of furan rings is 2. The van der Waals surface area contributed by atoms with Gasteiger partial charge in [0.25, 0.3) is 0 Å². The van der Waals surface area contributed by atoms with Gasteiger partial charge in [-0.1, -0.05) is 107 Å². The molecule has 9 rings (SSSR count). The number of aromatic nitrogens is 3. The number of para-hydroxylation sites is 4. The Bertz CT molecular complexity index is 2440. The lowest BCUT2D eigenvalue weighted by Gasteiger charge is -2.11. The van der Waals surface area contributed by atoms with Crippen LogP contribution in [-0.4, -0.2) is 15.0 Å². The molecular formula is C39H22BrN3O2. The van der Waals surface area contributed by atoms with Crippen molar-refractivity contribution in [1.82, 2.24) is 15.0 Å². The van der Waals surface area contributed by atoms with Crippen LogP contribution in [-0.2, 0) is 0 Å². The van der Waals surface area contributed by atoms with Gasteiger partial charge in [-0.3, -0.25) is 0 Å². The van der Waals surface area contributed by atoms with E-state index in [0.717, 1.165) is 76.2 Å². The average molecular weight is 645 g/mol. The molecule has 0 saturated heterocycles. The highest BCUT2D eigenvalue weighted by atomic mass is 79.9. The van der Waals surface area contributed by atoms with Gasteiger partial charge in [0.2, 0.25) is 0 Å². The van der Waals surface area contributed by atoms with Crippen LogP contribution in [0.2, 0.25) is 0 Å². The van der Waals surface area contributed by atoms with Crippen molar-refractivity contribution in [3.8, 4) is 45.3 Å². The van der Waals surface area contributed by atoms with Crippen molar-refractivity contribution < 1.29 is 8.83 Å². The molecule has 0 bridgehead atoms. The van der Waals surface area contributed by atoms with E-state index >= 15 is 0 Å². The predicted molar refractivity (Wildman–Crippen MR) is 184 cm³/mol. The minimum Gasteiger partial charge on any atom is -0.455 e. The zero-order chi connectivity index (χ0) is 29.9. The Morgan fingerprint density at radius 3 is 1.49 bits per heavy atom. The summed E-state index contributed by atoms with van der Waals surface area (Å²) in [4.78, 5) is 15.3. The van der Waals surface area contributed by atoms with Gasteiger partial charge in [0.1, 0.15) is 22.3 Å². The molecule has 0 spiro atoms. The smallest absolute Gasteiger partial charge is 0.167 e. The maximum absolute atomic E-state index is 6.41. The van der Waals surface area contributed by atoms with Crippen LogP contribution in [0.15, 0.2) is 147 Å². The molecule has 6 heteroatoms. The Hall–Kier alpha value is -5.59. The molecule has 6 aromatic carbocycles. The molecule has 0 fully saturated rings. The van der Waals surface area contributed by atoms with E-state index in [1.54, 1.807) is 0 Å². The first-order chi connectivity index (χ1) is 22.2. The molecule has 0 unspecified atom stereocenters. The molecule has 5 nitrogen and oxygen atoms in total. The molecule has 9 aromatic rings. The number of halogens is 1. The normalized spacial score (nSPS) is 11.7. The summed E-state index contributed by atoms with van der Waals surface area (Å²) in [7, 11) is 0. The third-order valence-corrected chi connectivity index (χ3v) is 8.65. The van der Waals surface area contributed by atoms with E-state index in [-0.39, 0.29) is 0 Å². The molecule has 0 saturated carbocycles. The van der Waals surface area contributed by atoms with Gasteiger partial charge >= 0.3 is 0 Å². The van der Waals surface area contributed by atoms with Crippen LogP contribution < -0.4 is 0 Å². The second-order valence-corrected chi connectivity index (χ2v) is 11.9. The topological polar surface area (TPSA) is 65.0 Å². The summed E-state index contributed by atoms with van der Waals surface area (Å²) in [5.41, 5.74) is 7.73. The summed E-state index contributed by atoms with van der Waals surface area (Å²) in [6.45, 7) is 0. The van der Waals surface area contributed by atoms with Crippen LogP contribution in [0.5, 0.6) is 0 Å². The standard InChI is InChI=1S/C39H22BrN3O2/c40-26-21-24(23-10-2-1-3-11-23)20-25(22-26)37-41-38(31-16-8-14-29-27-12-4-6-18-33(27)44-35(29)31)43-39(42-37)32-17-9-15-30-28-13-5-7-19-34(28)45-36(30)32/h1-22H. The number of fused-ring (bicyclic) bond motifs is 6. The predicted octanol–water partition coefficient (Wildman–Crippen LogP) is 11.1. The molecule has 0 aliphatic rings. The number of nitrogens with zero attached hydrogens (tertiary/aromatic N) is 3. The minimum atomic E-state index is 0.522. The maximum atomic E-state index is 6.41. The average Bonchev–Trinajstić information content (AvgIpc) is 3.67. The second kappa shape index (κ2) is 10.3. The largest absolute Gasteiger partial charge is 0.455 e. The van der Waals surface area contributed by atoms with Gasteiger partial charge in [-0.25, -0.2) is 15.0 Å².